The number of allylic oxidation sites excluding steroid dienone is 1. The summed E-state index contributed by atoms with van der Waals surface area (Å²) < 4.78 is 12.0. The first kappa shape index (κ1) is 29.0. The molecule has 8 nitrogen and oxygen atoms in total. The number of carbonyl (C=O) groups is 2. The smallest absolute Gasteiger partial charge is 0.342 e. The molecule has 1 aromatic heterocycles. The molecule has 3 aliphatic rings. The van der Waals surface area contributed by atoms with E-state index in [9.17, 15) is 9.59 Å². The van der Waals surface area contributed by atoms with Crippen LogP contribution in [-0.4, -0.2) is 35.0 Å². The first-order chi connectivity index (χ1) is 18.3. The van der Waals surface area contributed by atoms with Crippen LogP contribution in [0.5, 0.6) is 0 Å². The molecule has 2 aliphatic carbocycles. The number of aliphatic imine (C=N–C) groups is 1. The van der Waals surface area contributed by atoms with Crippen LogP contribution in [0.3, 0.4) is 0 Å². The summed E-state index contributed by atoms with van der Waals surface area (Å²) in [6.45, 7) is 16.7. The second-order valence-electron chi connectivity index (χ2n) is 12.8. The Labute approximate surface area is 232 Å². The molecule has 4 unspecified atom stereocenters. The Morgan fingerprint density at radius 3 is 1.77 bits per heavy atom. The fourth-order valence-corrected chi connectivity index (χ4v) is 7.39. The highest BCUT2D eigenvalue weighted by Crippen LogP contribution is 2.38. The van der Waals surface area contributed by atoms with E-state index in [1.165, 1.54) is 0 Å². The van der Waals surface area contributed by atoms with Crippen LogP contribution in [0.15, 0.2) is 21.8 Å². The monoisotopic (exact) mass is 538 g/mol. The molecule has 0 radical (unpaired) electrons. The summed E-state index contributed by atoms with van der Waals surface area (Å²) in [6, 6.07) is 0. The standard InChI is InChI=1S/C31H46N4O4/c1-14-9-16(3)26(17(4)10-14)38-30(36)24-20(7)22(34-28(24)32)13-23-21(8)25(29(33)35-23)31(37)39-27-18(5)11-15(2)12-19(27)6/h13-19,26-27,34H,9-12,32H2,1-8H3,(H2,33,35). The predicted octanol–water partition coefficient (Wildman–Crippen LogP) is 5.77. The van der Waals surface area contributed by atoms with Gasteiger partial charge in [-0.1, -0.05) is 41.5 Å². The molecule has 0 spiro atoms. The molecule has 1 aromatic rings. The highest BCUT2D eigenvalue weighted by Gasteiger charge is 2.37. The van der Waals surface area contributed by atoms with E-state index in [4.69, 9.17) is 20.9 Å². The lowest BCUT2D eigenvalue weighted by Gasteiger charge is -2.37. The lowest BCUT2D eigenvalue weighted by atomic mass is 9.75. The summed E-state index contributed by atoms with van der Waals surface area (Å²) in [5, 5.41) is 0. The van der Waals surface area contributed by atoms with Crippen molar-refractivity contribution in [2.75, 3.05) is 5.73 Å². The lowest BCUT2D eigenvalue weighted by Crippen LogP contribution is -2.38. The normalized spacial score (nSPS) is 34.3. The number of H-pyrrole nitrogens is 1. The first-order valence-electron chi connectivity index (χ1n) is 14.5. The van der Waals surface area contributed by atoms with Gasteiger partial charge in [0.15, 0.2) is 0 Å². The topological polar surface area (TPSA) is 133 Å². The molecule has 214 valence electrons. The van der Waals surface area contributed by atoms with Crippen molar-refractivity contribution in [3.05, 3.63) is 33.7 Å². The van der Waals surface area contributed by atoms with Gasteiger partial charge in [-0.25, -0.2) is 14.6 Å². The Morgan fingerprint density at radius 2 is 1.28 bits per heavy atom. The fraction of sp³-hybridized carbons (Fsp3) is 0.645. The molecule has 2 fully saturated rings. The maximum Gasteiger partial charge on any atom is 0.342 e. The second-order valence-corrected chi connectivity index (χ2v) is 12.8. The van der Waals surface area contributed by atoms with Crippen molar-refractivity contribution in [2.24, 2.45) is 46.2 Å². The summed E-state index contributed by atoms with van der Waals surface area (Å²) in [5.74, 6) is 1.93. The number of anilines is 1. The van der Waals surface area contributed by atoms with Crippen LogP contribution < -0.4 is 11.5 Å². The minimum atomic E-state index is -0.438. The van der Waals surface area contributed by atoms with Crippen molar-refractivity contribution in [3.8, 4) is 0 Å². The average Bonchev–Trinajstić information content (AvgIpc) is 3.26. The van der Waals surface area contributed by atoms with Crippen molar-refractivity contribution in [1.82, 2.24) is 4.98 Å². The Bertz CT molecular complexity index is 1200. The third kappa shape index (κ3) is 5.80. The molecular weight excluding hydrogens is 492 g/mol. The zero-order valence-electron chi connectivity index (χ0n) is 24.8. The number of nitrogens with one attached hydrogen (secondary N) is 1. The Kier molecular flexibility index (Phi) is 8.33. The molecule has 39 heavy (non-hydrogen) atoms. The molecule has 5 N–H and O–H groups in total. The van der Waals surface area contributed by atoms with Crippen LogP contribution in [0.2, 0.25) is 0 Å². The van der Waals surface area contributed by atoms with Crippen LogP contribution in [-0.2, 0) is 14.3 Å². The van der Waals surface area contributed by atoms with Gasteiger partial charge in [-0.05, 0) is 92.3 Å². The lowest BCUT2D eigenvalue weighted by molar-refractivity contribution is -0.152. The molecule has 1 aliphatic heterocycles. The van der Waals surface area contributed by atoms with Crippen molar-refractivity contribution in [3.63, 3.8) is 0 Å². The minimum absolute atomic E-state index is 0.138. The number of nitrogens with zero attached hydrogens (tertiary/aromatic N) is 1. The number of aromatic nitrogens is 1. The molecule has 4 atom stereocenters. The number of nitrogens with two attached hydrogens (primary N) is 2. The average molecular weight is 539 g/mol. The number of hydrogen-bond acceptors (Lipinski definition) is 7. The van der Waals surface area contributed by atoms with E-state index in [-0.39, 0.29) is 35.7 Å². The zero-order valence-corrected chi connectivity index (χ0v) is 24.8. The maximum absolute atomic E-state index is 13.2. The molecule has 4 rings (SSSR count). The molecule has 0 aromatic carbocycles. The van der Waals surface area contributed by atoms with Gasteiger partial charge in [0, 0.05) is 5.69 Å². The van der Waals surface area contributed by atoms with Gasteiger partial charge in [-0.3, -0.25) is 0 Å². The number of aromatic amines is 1. The predicted molar refractivity (Wildman–Crippen MR) is 155 cm³/mol. The number of carbonyl (C=O) groups excluding carboxylic acids is 2. The van der Waals surface area contributed by atoms with Gasteiger partial charge in [0.2, 0.25) is 0 Å². The SMILES string of the molecule is CC1=C(C(=O)OC2C(C)CC(C)CC2C)C(N)=NC1=Cc1[nH]c(N)c(C(=O)OC2C(C)CC(C)CC2C)c1C. The van der Waals surface area contributed by atoms with E-state index in [1.807, 2.05) is 13.8 Å². The highest BCUT2D eigenvalue weighted by atomic mass is 16.5. The van der Waals surface area contributed by atoms with Gasteiger partial charge < -0.3 is 25.9 Å². The molecule has 2 saturated carbocycles. The summed E-state index contributed by atoms with van der Waals surface area (Å²) in [7, 11) is 0. The summed E-state index contributed by atoms with van der Waals surface area (Å²) >= 11 is 0. The van der Waals surface area contributed by atoms with Gasteiger partial charge in [0.1, 0.15) is 35.0 Å². The summed E-state index contributed by atoms with van der Waals surface area (Å²) in [6.07, 6.45) is 5.62. The molecule has 0 saturated heterocycles. The second kappa shape index (κ2) is 11.2. The quantitative estimate of drug-likeness (QED) is 0.407. The van der Waals surface area contributed by atoms with Gasteiger partial charge in [-0.2, -0.15) is 0 Å². The van der Waals surface area contributed by atoms with E-state index in [2.05, 4.69) is 51.5 Å². The van der Waals surface area contributed by atoms with E-state index in [0.29, 0.717) is 57.3 Å². The van der Waals surface area contributed by atoms with Crippen molar-refractivity contribution < 1.29 is 19.1 Å². The largest absolute Gasteiger partial charge is 0.458 e. The zero-order chi connectivity index (χ0) is 28.8. The number of esters is 2. The van der Waals surface area contributed by atoms with Crippen LogP contribution >= 0.6 is 0 Å². The number of rotatable bonds is 5. The minimum Gasteiger partial charge on any atom is -0.458 e. The molecule has 0 amide bonds. The van der Waals surface area contributed by atoms with Crippen LogP contribution in [0.4, 0.5) is 5.82 Å². The Morgan fingerprint density at radius 1 is 0.821 bits per heavy atom. The summed E-state index contributed by atoms with van der Waals surface area (Å²) in [4.78, 5) is 34.0. The maximum atomic E-state index is 13.2. The van der Waals surface area contributed by atoms with Crippen LogP contribution in [0.25, 0.3) is 6.08 Å². The highest BCUT2D eigenvalue weighted by molar-refractivity contribution is 6.21. The van der Waals surface area contributed by atoms with Gasteiger partial charge in [0.25, 0.3) is 0 Å². The number of ether oxygens (including phenoxy) is 2. The van der Waals surface area contributed by atoms with Crippen molar-refractivity contribution >= 4 is 29.7 Å². The van der Waals surface area contributed by atoms with E-state index in [0.717, 1.165) is 25.7 Å². The fourth-order valence-electron chi connectivity index (χ4n) is 7.39. The van der Waals surface area contributed by atoms with Crippen molar-refractivity contribution in [2.45, 2.75) is 93.3 Å². The third-order valence-corrected chi connectivity index (χ3v) is 9.09. The van der Waals surface area contributed by atoms with Gasteiger partial charge in [0.05, 0.1) is 5.70 Å². The molecule has 8 heteroatoms. The summed E-state index contributed by atoms with van der Waals surface area (Å²) in [5.41, 5.74) is 15.6. The Hall–Kier alpha value is -3.03. The molecular formula is C31H46N4O4. The third-order valence-electron chi connectivity index (χ3n) is 9.09. The van der Waals surface area contributed by atoms with E-state index < -0.39 is 11.9 Å². The van der Waals surface area contributed by atoms with Gasteiger partial charge >= 0.3 is 11.9 Å². The number of hydrogen-bond donors (Lipinski definition) is 3. The van der Waals surface area contributed by atoms with E-state index >= 15 is 0 Å². The van der Waals surface area contributed by atoms with Crippen LogP contribution in [0, 0.1) is 42.4 Å². The number of nitrogen functional groups attached to an aromatic ring is 1. The molecule has 2 heterocycles. The van der Waals surface area contributed by atoms with Gasteiger partial charge in [-0.15, -0.1) is 0 Å². The van der Waals surface area contributed by atoms with Crippen LogP contribution in [0.1, 0.15) is 95.8 Å². The van der Waals surface area contributed by atoms with Crippen molar-refractivity contribution in [1.29, 1.82) is 0 Å². The number of amidine groups is 1. The van der Waals surface area contributed by atoms with E-state index in [1.54, 1.807) is 6.08 Å². The molecule has 0 bridgehead atoms. The Balaban J connectivity index is 1.54. The first-order valence-corrected chi connectivity index (χ1v) is 14.5.